The van der Waals surface area contributed by atoms with E-state index in [0.717, 1.165) is 0 Å². The average Bonchev–Trinajstić information content (AvgIpc) is 2.21. The van der Waals surface area contributed by atoms with Crippen molar-refractivity contribution in [1.82, 2.24) is 4.72 Å². The molecule has 0 aliphatic carbocycles. The van der Waals surface area contributed by atoms with E-state index < -0.39 is 32.7 Å². The number of hydrogen-bond acceptors (Lipinski definition) is 4. The zero-order chi connectivity index (χ0) is 15.6. The molecule has 114 valence electrons. The molecule has 0 saturated heterocycles. The smallest absolute Gasteiger partial charge is 0.399 e. The number of nitrogens with two attached hydrogens (primary N) is 1. The minimum absolute atomic E-state index is 0.173. The standard InChI is InChI=1S/C9H9Cl2F3N2O2S2/c10-6-3-5(15)4-7(11)8(6)20(17,18)16-1-2-19-9(12,13)14/h3-4,16H,1-2,15H2. The Kier molecular flexibility index (Phi) is 5.85. The van der Waals surface area contributed by atoms with Crippen molar-refractivity contribution in [2.75, 3.05) is 18.0 Å². The van der Waals surface area contributed by atoms with E-state index in [2.05, 4.69) is 0 Å². The Morgan fingerprint density at radius 3 is 2.20 bits per heavy atom. The van der Waals surface area contributed by atoms with Crippen molar-refractivity contribution in [3.63, 3.8) is 0 Å². The molecule has 0 fully saturated rings. The van der Waals surface area contributed by atoms with Crippen molar-refractivity contribution in [3.05, 3.63) is 22.2 Å². The number of halogens is 5. The lowest BCUT2D eigenvalue weighted by atomic mass is 10.3. The molecule has 3 N–H and O–H groups in total. The summed E-state index contributed by atoms with van der Waals surface area (Å²) in [5.74, 6) is -0.465. The minimum Gasteiger partial charge on any atom is -0.399 e. The fraction of sp³-hybridized carbons (Fsp3) is 0.333. The van der Waals surface area contributed by atoms with Crippen LogP contribution in [0, 0.1) is 0 Å². The molecule has 11 heteroatoms. The maximum absolute atomic E-state index is 11.9. The third-order valence-electron chi connectivity index (χ3n) is 1.95. The van der Waals surface area contributed by atoms with Gasteiger partial charge < -0.3 is 5.73 Å². The maximum Gasteiger partial charge on any atom is 0.441 e. The predicted octanol–water partition coefficient (Wildman–Crippen LogP) is 3.11. The van der Waals surface area contributed by atoms with Gasteiger partial charge in [-0.2, -0.15) is 13.2 Å². The normalized spacial score (nSPS) is 12.7. The number of hydrogen-bond donors (Lipinski definition) is 2. The van der Waals surface area contributed by atoms with Crippen LogP contribution in [0.15, 0.2) is 17.0 Å². The number of sulfonamides is 1. The fourth-order valence-corrected chi connectivity index (χ4v) is 4.08. The van der Waals surface area contributed by atoms with Crippen LogP contribution in [-0.4, -0.2) is 26.2 Å². The van der Waals surface area contributed by atoms with Gasteiger partial charge in [-0.15, -0.1) is 0 Å². The van der Waals surface area contributed by atoms with E-state index in [-0.39, 0.29) is 27.5 Å². The topological polar surface area (TPSA) is 72.2 Å². The van der Waals surface area contributed by atoms with Gasteiger partial charge in [0.1, 0.15) is 4.90 Å². The zero-order valence-corrected chi connectivity index (χ0v) is 12.8. The lowest BCUT2D eigenvalue weighted by Crippen LogP contribution is -2.27. The number of alkyl halides is 3. The fourth-order valence-electron chi connectivity index (χ4n) is 1.25. The Morgan fingerprint density at radius 1 is 1.25 bits per heavy atom. The van der Waals surface area contributed by atoms with Gasteiger partial charge >= 0.3 is 5.51 Å². The highest BCUT2D eigenvalue weighted by molar-refractivity contribution is 8.00. The van der Waals surface area contributed by atoms with Crippen LogP contribution in [0.1, 0.15) is 0 Å². The molecule has 1 aromatic carbocycles. The first-order valence-electron chi connectivity index (χ1n) is 4.98. The molecule has 0 radical (unpaired) electrons. The second kappa shape index (κ2) is 6.61. The van der Waals surface area contributed by atoms with E-state index in [1.165, 1.54) is 12.1 Å². The Balaban J connectivity index is 2.80. The summed E-state index contributed by atoms with van der Waals surface area (Å²) >= 11 is 11.1. The van der Waals surface area contributed by atoms with E-state index in [1.807, 2.05) is 4.72 Å². The van der Waals surface area contributed by atoms with Crippen molar-refractivity contribution in [1.29, 1.82) is 0 Å². The SMILES string of the molecule is Nc1cc(Cl)c(S(=O)(=O)NCCSC(F)(F)F)c(Cl)c1. The summed E-state index contributed by atoms with van der Waals surface area (Å²) in [5.41, 5.74) is 1.19. The van der Waals surface area contributed by atoms with E-state index in [4.69, 9.17) is 28.9 Å². The van der Waals surface area contributed by atoms with Gasteiger partial charge in [0.15, 0.2) is 0 Å². The average molecular weight is 369 g/mol. The highest BCUT2D eigenvalue weighted by atomic mass is 35.5. The second-order valence-corrected chi connectivity index (χ2v) is 7.18. The number of benzene rings is 1. The third-order valence-corrected chi connectivity index (χ3v) is 5.07. The highest BCUT2D eigenvalue weighted by Crippen LogP contribution is 2.32. The van der Waals surface area contributed by atoms with Crippen molar-refractivity contribution in [3.8, 4) is 0 Å². The van der Waals surface area contributed by atoms with Gasteiger partial charge in [0.05, 0.1) is 10.0 Å². The lowest BCUT2D eigenvalue weighted by Gasteiger charge is -2.11. The van der Waals surface area contributed by atoms with Gasteiger partial charge in [0.25, 0.3) is 0 Å². The molecule has 0 aliphatic rings. The predicted molar refractivity (Wildman–Crippen MR) is 74.6 cm³/mol. The van der Waals surface area contributed by atoms with Crippen LogP contribution in [0.4, 0.5) is 18.9 Å². The highest BCUT2D eigenvalue weighted by Gasteiger charge is 2.28. The van der Waals surface area contributed by atoms with Crippen molar-refractivity contribution >= 4 is 50.7 Å². The molecule has 0 heterocycles. The number of rotatable bonds is 5. The molecular formula is C9H9Cl2F3N2O2S2. The molecule has 0 bridgehead atoms. The molecule has 0 aromatic heterocycles. The van der Waals surface area contributed by atoms with Crippen LogP contribution >= 0.6 is 35.0 Å². The molecule has 4 nitrogen and oxygen atoms in total. The maximum atomic E-state index is 11.9. The van der Waals surface area contributed by atoms with E-state index in [1.54, 1.807) is 0 Å². The molecule has 0 aliphatic heterocycles. The molecular weight excluding hydrogens is 360 g/mol. The summed E-state index contributed by atoms with van der Waals surface area (Å²) in [5, 5.41) is -0.406. The van der Waals surface area contributed by atoms with Crippen LogP contribution in [0.5, 0.6) is 0 Å². The van der Waals surface area contributed by atoms with Crippen LogP contribution in [0.25, 0.3) is 0 Å². The summed E-state index contributed by atoms with van der Waals surface area (Å²) in [6.45, 7) is -0.413. The van der Waals surface area contributed by atoms with Crippen LogP contribution < -0.4 is 10.5 Å². The third kappa shape index (κ3) is 5.21. The van der Waals surface area contributed by atoms with Gasteiger partial charge in [-0.05, 0) is 23.9 Å². The van der Waals surface area contributed by atoms with Gasteiger partial charge in [0, 0.05) is 18.0 Å². The molecule has 1 aromatic rings. The summed E-state index contributed by atoms with van der Waals surface area (Å²) in [4.78, 5) is -0.410. The van der Waals surface area contributed by atoms with Crippen molar-refractivity contribution in [2.45, 2.75) is 10.4 Å². The minimum atomic E-state index is -4.41. The van der Waals surface area contributed by atoms with E-state index in [9.17, 15) is 21.6 Å². The first kappa shape index (κ1) is 17.7. The lowest BCUT2D eigenvalue weighted by molar-refractivity contribution is -0.0327. The Morgan fingerprint density at radius 2 is 1.75 bits per heavy atom. The van der Waals surface area contributed by atoms with Crippen LogP contribution in [0.3, 0.4) is 0 Å². The molecule has 0 spiro atoms. The monoisotopic (exact) mass is 368 g/mol. The van der Waals surface area contributed by atoms with Gasteiger partial charge in [0.2, 0.25) is 10.0 Å². The molecule has 0 atom stereocenters. The molecule has 0 amide bonds. The van der Waals surface area contributed by atoms with Gasteiger partial charge in [-0.1, -0.05) is 23.2 Å². The Hall–Kier alpha value is -0.350. The first-order valence-corrected chi connectivity index (χ1v) is 8.20. The van der Waals surface area contributed by atoms with Crippen molar-refractivity contribution < 1.29 is 21.6 Å². The van der Waals surface area contributed by atoms with E-state index in [0.29, 0.717) is 0 Å². The summed E-state index contributed by atoms with van der Waals surface area (Å²) < 4.78 is 61.5. The number of nitrogens with one attached hydrogen (secondary N) is 1. The number of thioether (sulfide) groups is 1. The van der Waals surface area contributed by atoms with Crippen LogP contribution in [0.2, 0.25) is 10.0 Å². The largest absolute Gasteiger partial charge is 0.441 e. The second-order valence-electron chi connectivity index (χ2n) is 3.51. The summed E-state index contributed by atoms with van der Waals surface area (Å²) in [6.07, 6.45) is 0. The quantitative estimate of drug-likeness (QED) is 0.618. The Bertz CT molecular complexity index is 570. The van der Waals surface area contributed by atoms with Gasteiger partial charge in [-0.3, -0.25) is 0 Å². The van der Waals surface area contributed by atoms with Gasteiger partial charge in [-0.25, -0.2) is 13.1 Å². The number of anilines is 1. The first-order chi connectivity index (χ1) is 9.03. The molecule has 0 saturated carbocycles. The van der Waals surface area contributed by atoms with E-state index >= 15 is 0 Å². The molecule has 0 unspecified atom stereocenters. The molecule has 1 rings (SSSR count). The summed E-state index contributed by atoms with van der Waals surface area (Å²) in [6, 6.07) is 2.37. The van der Waals surface area contributed by atoms with Crippen molar-refractivity contribution in [2.24, 2.45) is 0 Å². The zero-order valence-electron chi connectivity index (χ0n) is 9.67. The molecule has 20 heavy (non-hydrogen) atoms. The van der Waals surface area contributed by atoms with Crippen LogP contribution in [-0.2, 0) is 10.0 Å². The number of nitrogen functional groups attached to an aromatic ring is 1. The Labute approximate surface area is 127 Å². The summed E-state index contributed by atoms with van der Waals surface area (Å²) in [7, 11) is -4.11.